The van der Waals surface area contributed by atoms with Crippen LogP contribution in [0.25, 0.3) is 11.0 Å². The molecule has 0 radical (unpaired) electrons. The Morgan fingerprint density at radius 1 is 1.04 bits per heavy atom. The molecule has 130 valence electrons. The molecule has 2 aromatic heterocycles. The highest BCUT2D eigenvalue weighted by Crippen LogP contribution is 2.24. The zero-order valence-electron chi connectivity index (χ0n) is 13.0. The summed E-state index contributed by atoms with van der Waals surface area (Å²) >= 11 is 0. The van der Waals surface area contributed by atoms with E-state index in [2.05, 4.69) is 14.9 Å². The van der Waals surface area contributed by atoms with Crippen LogP contribution in [0.4, 0.5) is 0 Å². The molecule has 0 spiro atoms. The van der Waals surface area contributed by atoms with Gasteiger partial charge in [-0.05, 0) is 34.6 Å². The van der Waals surface area contributed by atoms with Crippen LogP contribution in [0.15, 0.2) is 50.5 Å². The Bertz CT molecular complexity index is 1000. The van der Waals surface area contributed by atoms with Gasteiger partial charge in [0.15, 0.2) is 11.3 Å². The van der Waals surface area contributed by atoms with Crippen molar-refractivity contribution in [2.45, 2.75) is 4.90 Å². The first-order chi connectivity index (χ1) is 12.1. The van der Waals surface area contributed by atoms with Crippen molar-refractivity contribution >= 4 is 27.0 Å². The lowest BCUT2D eigenvalue weighted by atomic mass is 10.3. The number of amides is 1. The van der Waals surface area contributed by atoms with Crippen LogP contribution in [-0.2, 0) is 10.0 Å². The van der Waals surface area contributed by atoms with Crippen molar-refractivity contribution < 1.29 is 22.3 Å². The Hall–Kier alpha value is -2.72. The summed E-state index contributed by atoms with van der Waals surface area (Å²) in [5.74, 6) is -0.000373. The number of nitrogens with zero attached hydrogens (tertiary/aromatic N) is 4. The molecule has 1 aliphatic heterocycles. The summed E-state index contributed by atoms with van der Waals surface area (Å²) in [7, 11) is -3.75. The van der Waals surface area contributed by atoms with Gasteiger partial charge in [0.2, 0.25) is 10.0 Å². The van der Waals surface area contributed by atoms with Gasteiger partial charge in [0.25, 0.3) is 5.91 Å². The molecule has 3 aromatic rings. The SMILES string of the molecule is O=C(c1ccco1)N1CCN(S(=O)(=O)c2cccc3nonc23)CC1. The quantitative estimate of drug-likeness (QED) is 0.682. The molecule has 0 aliphatic carbocycles. The zero-order valence-corrected chi connectivity index (χ0v) is 13.8. The van der Waals surface area contributed by atoms with Gasteiger partial charge >= 0.3 is 0 Å². The number of sulfonamides is 1. The van der Waals surface area contributed by atoms with Gasteiger partial charge in [-0.3, -0.25) is 4.79 Å². The molecule has 1 fully saturated rings. The molecule has 1 amide bonds. The van der Waals surface area contributed by atoms with Crippen molar-refractivity contribution in [1.29, 1.82) is 0 Å². The molecule has 4 rings (SSSR count). The predicted molar refractivity (Wildman–Crippen MR) is 85.2 cm³/mol. The number of benzene rings is 1. The van der Waals surface area contributed by atoms with Gasteiger partial charge in [-0.15, -0.1) is 0 Å². The fraction of sp³-hybridized carbons (Fsp3) is 0.267. The Labute approximate surface area is 142 Å². The normalized spacial score (nSPS) is 16.4. The summed E-state index contributed by atoms with van der Waals surface area (Å²) in [6.45, 7) is 0.949. The van der Waals surface area contributed by atoms with Gasteiger partial charge < -0.3 is 9.32 Å². The fourth-order valence-electron chi connectivity index (χ4n) is 2.82. The smallest absolute Gasteiger partial charge is 0.289 e. The first kappa shape index (κ1) is 15.8. The van der Waals surface area contributed by atoms with Crippen LogP contribution in [0.1, 0.15) is 10.6 Å². The third kappa shape index (κ3) is 2.68. The second-order valence-electron chi connectivity index (χ2n) is 5.56. The minimum absolute atomic E-state index is 0.0528. The summed E-state index contributed by atoms with van der Waals surface area (Å²) in [5, 5.41) is 7.36. The Kier molecular flexibility index (Phi) is 3.77. The predicted octanol–water partition coefficient (Wildman–Crippen LogP) is 0.962. The van der Waals surface area contributed by atoms with Crippen molar-refractivity contribution in [2.75, 3.05) is 26.2 Å². The minimum atomic E-state index is -3.75. The molecular weight excluding hydrogens is 348 g/mol. The van der Waals surface area contributed by atoms with E-state index in [1.807, 2.05) is 0 Å². The number of carbonyl (C=O) groups excluding carboxylic acids is 1. The van der Waals surface area contributed by atoms with E-state index >= 15 is 0 Å². The Morgan fingerprint density at radius 2 is 1.84 bits per heavy atom. The molecule has 10 heteroatoms. The number of hydrogen-bond acceptors (Lipinski definition) is 7. The summed E-state index contributed by atoms with van der Waals surface area (Å²) in [6, 6.07) is 7.92. The molecule has 0 saturated carbocycles. The van der Waals surface area contributed by atoms with E-state index in [-0.39, 0.29) is 48.3 Å². The summed E-state index contributed by atoms with van der Waals surface area (Å²) in [4.78, 5) is 13.9. The molecule has 9 nitrogen and oxygen atoms in total. The van der Waals surface area contributed by atoms with E-state index in [1.54, 1.807) is 29.2 Å². The highest BCUT2D eigenvalue weighted by molar-refractivity contribution is 7.89. The van der Waals surface area contributed by atoms with Crippen molar-refractivity contribution in [1.82, 2.24) is 19.5 Å². The summed E-state index contributed by atoms with van der Waals surface area (Å²) in [5.41, 5.74) is 0.587. The van der Waals surface area contributed by atoms with Gasteiger partial charge in [-0.2, -0.15) is 4.31 Å². The van der Waals surface area contributed by atoms with Crippen molar-refractivity contribution in [3.05, 3.63) is 42.4 Å². The van der Waals surface area contributed by atoms with Gasteiger partial charge in [0.1, 0.15) is 10.4 Å². The van der Waals surface area contributed by atoms with E-state index in [0.717, 1.165) is 0 Å². The van der Waals surface area contributed by atoms with E-state index < -0.39 is 10.0 Å². The first-order valence-corrected chi connectivity index (χ1v) is 9.05. The van der Waals surface area contributed by atoms with Gasteiger partial charge in [-0.25, -0.2) is 13.0 Å². The molecule has 0 bridgehead atoms. The number of carbonyl (C=O) groups is 1. The lowest BCUT2D eigenvalue weighted by Gasteiger charge is -2.33. The van der Waals surface area contributed by atoms with E-state index in [1.165, 1.54) is 16.6 Å². The molecular formula is C15H14N4O5S. The van der Waals surface area contributed by atoms with Crippen LogP contribution in [0, 0.1) is 0 Å². The summed E-state index contributed by atoms with van der Waals surface area (Å²) < 4.78 is 36.9. The maximum absolute atomic E-state index is 12.9. The van der Waals surface area contributed by atoms with Crippen LogP contribution >= 0.6 is 0 Å². The van der Waals surface area contributed by atoms with Crippen LogP contribution in [-0.4, -0.2) is 60.0 Å². The Balaban J connectivity index is 1.54. The van der Waals surface area contributed by atoms with Gasteiger partial charge in [0, 0.05) is 26.2 Å². The lowest BCUT2D eigenvalue weighted by molar-refractivity contribution is 0.0666. The van der Waals surface area contributed by atoms with Crippen molar-refractivity contribution in [3.63, 3.8) is 0 Å². The number of aromatic nitrogens is 2. The molecule has 1 aliphatic rings. The molecule has 1 aromatic carbocycles. The van der Waals surface area contributed by atoms with Gasteiger partial charge in [0.05, 0.1) is 6.26 Å². The third-order valence-corrected chi connectivity index (χ3v) is 6.05. The monoisotopic (exact) mass is 362 g/mol. The number of piperazine rings is 1. The maximum atomic E-state index is 12.9. The first-order valence-electron chi connectivity index (χ1n) is 7.61. The average molecular weight is 362 g/mol. The second-order valence-corrected chi connectivity index (χ2v) is 7.47. The minimum Gasteiger partial charge on any atom is -0.459 e. The topological polar surface area (TPSA) is 110 Å². The fourth-order valence-corrected chi connectivity index (χ4v) is 4.38. The molecule has 3 heterocycles. The number of furan rings is 1. The van der Waals surface area contributed by atoms with Crippen molar-refractivity contribution in [2.24, 2.45) is 0 Å². The highest BCUT2D eigenvalue weighted by atomic mass is 32.2. The standard InChI is InChI=1S/C15H14N4O5S/c20-15(12-4-2-10-23-12)18-6-8-19(9-7-18)25(21,22)13-5-1-3-11-14(13)17-24-16-11/h1-5,10H,6-9H2. The maximum Gasteiger partial charge on any atom is 0.289 e. The number of rotatable bonds is 3. The lowest BCUT2D eigenvalue weighted by Crippen LogP contribution is -2.50. The van der Waals surface area contributed by atoms with E-state index in [4.69, 9.17) is 4.42 Å². The Morgan fingerprint density at radius 3 is 2.56 bits per heavy atom. The molecule has 0 atom stereocenters. The number of hydrogen-bond donors (Lipinski definition) is 0. The van der Waals surface area contributed by atoms with E-state index in [0.29, 0.717) is 5.52 Å². The average Bonchev–Trinajstić information content (AvgIpc) is 3.32. The zero-order chi connectivity index (χ0) is 17.4. The van der Waals surface area contributed by atoms with Crippen LogP contribution < -0.4 is 0 Å². The highest BCUT2D eigenvalue weighted by Gasteiger charge is 2.32. The third-order valence-electron chi connectivity index (χ3n) is 4.12. The van der Waals surface area contributed by atoms with Crippen LogP contribution in [0.2, 0.25) is 0 Å². The summed E-state index contributed by atoms with van der Waals surface area (Å²) in [6.07, 6.45) is 1.43. The van der Waals surface area contributed by atoms with E-state index in [9.17, 15) is 13.2 Å². The molecule has 1 saturated heterocycles. The molecule has 0 unspecified atom stereocenters. The molecule has 0 N–H and O–H groups in total. The number of fused-ring (bicyclic) bond motifs is 1. The molecule has 25 heavy (non-hydrogen) atoms. The van der Waals surface area contributed by atoms with Crippen LogP contribution in [0.5, 0.6) is 0 Å². The second kappa shape index (κ2) is 5.97. The van der Waals surface area contributed by atoms with Crippen LogP contribution in [0.3, 0.4) is 0 Å². The van der Waals surface area contributed by atoms with Crippen molar-refractivity contribution in [3.8, 4) is 0 Å². The largest absolute Gasteiger partial charge is 0.459 e. The van der Waals surface area contributed by atoms with Gasteiger partial charge in [-0.1, -0.05) is 6.07 Å².